The zero-order chi connectivity index (χ0) is 14.6. The highest BCUT2D eigenvalue weighted by Crippen LogP contribution is 2.38. The summed E-state index contributed by atoms with van der Waals surface area (Å²) in [4.78, 5) is 14.8. The van der Waals surface area contributed by atoms with E-state index in [-0.39, 0.29) is 41.8 Å². The molecule has 3 N–H and O–H groups in total. The molecule has 0 aromatic heterocycles. The monoisotopic (exact) mass is 355 g/mol. The lowest BCUT2D eigenvalue weighted by Gasteiger charge is -2.43. The van der Waals surface area contributed by atoms with E-state index in [0.29, 0.717) is 13.0 Å². The van der Waals surface area contributed by atoms with E-state index in [2.05, 4.69) is 10.2 Å². The van der Waals surface area contributed by atoms with Crippen LogP contribution in [0.2, 0.25) is 0 Å². The summed E-state index contributed by atoms with van der Waals surface area (Å²) in [5.74, 6) is 0.136. The van der Waals surface area contributed by atoms with Crippen molar-refractivity contribution < 1.29 is 9.53 Å². The molecule has 2 fully saturated rings. The van der Waals surface area contributed by atoms with Gasteiger partial charge in [-0.1, -0.05) is 12.8 Å². The Balaban J connectivity index is 0.00000220. The molecular weight excluding hydrogens is 325 g/mol. The Bertz CT molecular complexity index is 336. The van der Waals surface area contributed by atoms with E-state index in [1.54, 1.807) is 0 Å². The van der Waals surface area contributed by atoms with Gasteiger partial charge in [-0.15, -0.1) is 24.8 Å². The van der Waals surface area contributed by atoms with Crippen molar-refractivity contribution >= 4 is 30.7 Å². The third-order valence-electron chi connectivity index (χ3n) is 4.45. The predicted molar refractivity (Wildman–Crippen MR) is 94.0 cm³/mol. The first-order valence-electron chi connectivity index (χ1n) is 7.80. The van der Waals surface area contributed by atoms with Crippen LogP contribution in [0, 0.1) is 0 Å². The van der Waals surface area contributed by atoms with Gasteiger partial charge in [0.05, 0.1) is 13.2 Å². The molecule has 0 atom stereocenters. The lowest BCUT2D eigenvalue weighted by atomic mass is 9.89. The Morgan fingerprint density at radius 1 is 1.23 bits per heavy atom. The Kier molecular flexibility index (Phi) is 9.25. The van der Waals surface area contributed by atoms with E-state index in [0.717, 1.165) is 39.1 Å². The average Bonchev–Trinajstić information content (AvgIpc) is 2.86. The average molecular weight is 356 g/mol. The fourth-order valence-electron chi connectivity index (χ4n) is 3.36. The van der Waals surface area contributed by atoms with Gasteiger partial charge >= 0.3 is 0 Å². The standard InChI is InChI=1S/C15H29N3O2.2ClH/c1-14(2,16)12-17-13(19)11-15(5-3-4-6-15)18-7-9-20-10-8-18;;/h3-12,16H2,1-2H3,(H,17,19);2*1H. The van der Waals surface area contributed by atoms with E-state index in [9.17, 15) is 4.79 Å². The zero-order valence-electron chi connectivity index (χ0n) is 13.7. The largest absolute Gasteiger partial charge is 0.379 e. The molecular formula is C15H31Cl2N3O2. The van der Waals surface area contributed by atoms with Crippen LogP contribution in [-0.4, -0.2) is 54.7 Å². The second kappa shape index (κ2) is 9.28. The minimum atomic E-state index is -0.350. The Hall–Kier alpha value is -0.0700. The quantitative estimate of drug-likeness (QED) is 0.787. The summed E-state index contributed by atoms with van der Waals surface area (Å²) in [6.07, 6.45) is 5.32. The summed E-state index contributed by atoms with van der Waals surface area (Å²) >= 11 is 0. The third kappa shape index (κ3) is 6.20. The lowest BCUT2D eigenvalue weighted by Crippen LogP contribution is -2.54. The molecule has 0 aromatic rings. The minimum Gasteiger partial charge on any atom is -0.379 e. The van der Waals surface area contributed by atoms with Crippen molar-refractivity contribution in [2.45, 2.75) is 57.0 Å². The van der Waals surface area contributed by atoms with E-state index >= 15 is 0 Å². The van der Waals surface area contributed by atoms with Gasteiger partial charge in [0.25, 0.3) is 0 Å². The van der Waals surface area contributed by atoms with Gasteiger partial charge < -0.3 is 15.8 Å². The molecule has 22 heavy (non-hydrogen) atoms. The molecule has 0 unspecified atom stereocenters. The minimum absolute atomic E-state index is 0. The smallest absolute Gasteiger partial charge is 0.221 e. The van der Waals surface area contributed by atoms with Crippen LogP contribution in [0.5, 0.6) is 0 Å². The fourth-order valence-corrected chi connectivity index (χ4v) is 3.36. The van der Waals surface area contributed by atoms with E-state index < -0.39 is 0 Å². The molecule has 1 aliphatic carbocycles. The molecule has 1 aliphatic heterocycles. The van der Waals surface area contributed by atoms with E-state index in [1.165, 1.54) is 12.8 Å². The Morgan fingerprint density at radius 2 is 1.77 bits per heavy atom. The molecule has 1 amide bonds. The molecule has 2 aliphatic rings. The lowest BCUT2D eigenvalue weighted by molar-refractivity contribution is -0.125. The number of carbonyl (C=O) groups is 1. The highest BCUT2D eigenvalue weighted by atomic mass is 35.5. The summed E-state index contributed by atoms with van der Waals surface area (Å²) in [6, 6.07) is 0. The Morgan fingerprint density at radius 3 is 2.27 bits per heavy atom. The van der Waals surface area contributed by atoms with Gasteiger partial charge in [-0.3, -0.25) is 9.69 Å². The summed E-state index contributed by atoms with van der Waals surface area (Å²) in [6.45, 7) is 7.88. The van der Waals surface area contributed by atoms with Gasteiger partial charge in [-0.05, 0) is 26.7 Å². The second-order valence-corrected chi connectivity index (χ2v) is 6.97. The number of nitrogens with zero attached hydrogens (tertiary/aromatic N) is 1. The molecule has 1 saturated carbocycles. The number of hydrogen-bond donors (Lipinski definition) is 2. The highest BCUT2D eigenvalue weighted by Gasteiger charge is 2.41. The van der Waals surface area contributed by atoms with Gasteiger partial charge in [-0.2, -0.15) is 0 Å². The molecule has 2 rings (SSSR count). The maximum atomic E-state index is 12.3. The van der Waals surface area contributed by atoms with Crippen molar-refractivity contribution in [1.82, 2.24) is 10.2 Å². The number of rotatable bonds is 5. The number of hydrogen-bond acceptors (Lipinski definition) is 4. The second-order valence-electron chi connectivity index (χ2n) is 6.97. The molecule has 5 nitrogen and oxygen atoms in total. The molecule has 132 valence electrons. The Labute approximate surface area is 146 Å². The third-order valence-corrected chi connectivity index (χ3v) is 4.45. The highest BCUT2D eigenvalue weighted by molar-refractivity contribution is 5.85. The number of nitrogens with two attached hydrogens (primary N) is 1. The van der Waals surface area contributed by atoms with Gasteiger partial charge in [0.2, 0.25) is 5.91 Å². The summed E-state index contributed by atoms with van der Waals surface area (Å²) in [7, 11) is 0. The molecule has 0 aromatic carbocycles. The number of nitrogens with one attached hydrogen (secondary N) is 1. The summed E-state index contributed by atoms with van der Waals surface area (Å²) in [5.41, 5.74) is 5.64. The van der Waals surface area contributed by atoms with Crippen LogP contribution in [0.15, 0.2) is 0 Å². The topological polar surface area (TPSA) is 67.6 Å². The van der Waals surface area contributed by atoms with Crippen LogP contribution in [0.25, 0.3) is 0 Å². The SMILES string of the molecule is CC(C)(N)CNC(=O)CC1(N2CCOCC2)CCCC1.Cl.Cl. The van der Waals surface area contributed by atoms with Crippen LogP contribution in [0.4, 0.5) is 0 Å². The molecule has 1 saturated heterocycles. The van der Waals surface area contributed by atoms with Crippen molar-refractivity contribution in [2.24, 2.45) is 5.73 Å². The normalized spacial score (nSPS) is 21.6. The van der Waals surface area contributed by atoms with E-state index in [1.807, 2.05) is 13.8 Å². The maximum absolute atomic E-state index is 12.3. The van der Waals surface area contributed by atoms with Gasteiger partial charge in [0, 0.05) is 37.1 Å². The van der Waals surface area contributed by atoms with Crippen LogP contribution >= 0.6 is 24.8 Å². The number of carbonyl (C=O) groups excluding carboxylic acids is 1. The van der Waals surface area contributed by atoms with E-state index in [4.69, 9.17) is 10.5 Å². The van der Waals surface area contributed by atoms with Crippen LogP contribution in [-0.2, 0) is 9.53 Å². The van der Waals surface area contributed by atoms with Crippen molar-refractivity contribution in [2.75, 3.05) is 32.8 Å². The van der Waals surface area contributed by atoms with Crippen molar-refractivity contribution in [3.63, 3.8) is 0 Å². The van der Waals surface area contributed by atoms with Gasteiger partial charge in [0.15, 0.2) is 0 Å². The molecule has 0 bridgehead atoms. The van der Waals surface area contributed by atoms with Gasteiger partial charge in [0.1, 0.15) is 0 Å². The first kappa shape index (κ1) is 21.9. The predicted octanol–water partition coefficient (Wildman–Crippen LogP) is 1.72. The first-order valence-corrected chi connectivity index (χ1v) is 7.80. The van der Waals surface area contributed by atoms with Crippen molar-refractivity contribution in [3.05, 3.63) is 0 Å². The van der Waals surface area contributed by atoms with Crippen LogP contribution in [0.1, 0.15) is 46.0 Å². The molecule has 1 heterocycles. The van der Waals surface area contributed by atoms with Crippen molar-refractivity contribution in [3.8, 4) is 0 Å². The summed E-state index contributed by atoms with van der Waals surface area (Å²) < 4.78 is 5.44. The van der Waals surface area contributed by atoms with Gasteiger partial charge in [-0.25, -0.2) is 0 Å². The fraction of sp³-hybridized carbons (Fsp3) is 0.933. The summed E-state index contributed by atoms with van der Waals surface area (Å²) in [5, 5.41) is 2.99. The number of amides is 1. The number of ether oxygens (including phenoxy) is 1. The van der Waals surface area contributed by atoms with Crippen LogP contribution in [0.3, 0.4) is 0 Å². The van der Waals surface area contributed by atoms with Crippen LogP contribution < -0.4 is 11.1 Å². The number of halogens is 2. The zero-order valence-corrected chi connectivity index (χ0v) is 15.4. The maximum Gasteiger partial charge on any atom is 0.221 e. The first-order chi connectivity index (χ1) is 9.41. The molecule has 0 spiro atoms. The molecule has 7 heteroatoms. The molecule has 0 radical (unpaired) electrons. The van der Waals surface area contributed by atoms with Crippen molar-refractivity contribution in [1.29, 1.82) is 0 Å². The number of morpholine rings is 1.